The van der Waals surface area contributed by atoms with E-state index < -0.39 is 0 Å². The smallest absolute Gasteiger partial charge is 0.0897 e. The van der Waals surface area contributed by atoms with Gasteiger partial charge in [0, 0.05) is 19.1 Å². The molecule has 0 radical (unpaired) electrons. The summed E-state index contributed by atoms with van der Waals surface area (Å²) < 4.78 is 0. The van der Waals surface area contributed by atoms with Crippen LogP contribution in [0.15, 0.2) is 0 Å². The fraction of sp³-hybridized carbons (Fsp3) is 1.00. The Bertz CT molecular complexity index is 179. The summed E-state index contributed by atoms with van der Waals surface area (Å²) in [5.41, 5.74) is -0.341. The van der Waals surface area contributed by atoms with Gasteiger partial charge in [0.15, 0.2) is 0 Å². The van der Waals surface area contributed by atoms with Crippen LogP contribution in [0.4, 0.5) is 0 Å². The van der Waals surface area contributed by atoms with Gasteiger partial charge in [-0.2, -0.15) is 0 Å². The van der Waals surface area contributed by atoms with Gasteiger partial charge in [-0.15, -0.1) is 0 Å². The number of likely N-dealkylation sites (tertiary alicyclic amines) is 1. The molecule has 0 aromatic rings. The lowest BCUT2D eigenvalue weighted by Gasteiger charge is -2.50. The number of β-amino-alcohol motifs (C(OH)–C–C–N with tert-alkyl or cyclic N) is 1. The second kappa shape index (κ2) is 4.19. The molecule has 0 spiro atoms. The van der Waals surface area contributed by atoms with Crippen LogP contribution >= 0.6 is 0 Å². The highest BCUT2D eigenvalue weighted by Gasteiger charge is 2.42. The minimum absolute atomic E-state index is 0.341. The van der Waals surface area contributed by atoms with Crippen molar-refractivity contribution in [2.24, 2.45) is 0 Å². The lowest BCUT2D eigenvalue weighted by molar-refractivity contribution is -0.118. The van der Waals surface area contributed by atoms with E-state index in [4.69, 9.17) is 0 Å². The van der Waals surface area contributed by atoms with E-state index in [9.17, 15) is 5.11 Å². The first-order valence-electron chi connectivity index (χ1n) is 6.20. The highest BCUT2D eigenvalue weighted by molar-refractivity contribution is 4.97. The van der Waals surface area contributed by atoms with E-state index in [-0.39, 0.29) is 5.60 Å². The maximum atomic E-state index is 9.95. The molecule has 2 rings (SSSR count). The van der Waals surface area contributed by atoms with Crippen molar-refractivity contribution in [3.8, 4) is 0 Å². The molecule has 0 atom stereocenters. The normalized spacial score (nSPS) is 29.6. The second-order valence-corrected chi connectivity index (χ2v) is 5.13. The van der Waals surface area contributed by atoms with Gasteiger partial charge < -0.3 is 5.11 Å². The third kappa shape index (κ3) is 2.12. The first-order chi connectivity index (χ1) is 6.73. The summed E-state index contributed by atoms with van der Waals surface area (Å²) in [6.45, 7) is 3.94. The van der Waals surface area contributed by atoms with Crippen LogP contribution in [-0.2, 0) is 0 Å². The Kier molecular flexibility index (Phi) is 3.13. The molecular weight excluding hydrogens is 174 g/mol. The molecule has 0 unspecified atom stereocenters. The van der Waals surface area contributed by atoms with E-state index in [0.29, 0.717) is 0 Å². The fourth-order valence-corrected chi connectivity index (χ4v) is 2.81. The van der Waals surface area contributed by atoms with Crippen LogP contribution in [0, 0.1) is 0 Å². The number of hydrogen-bond acceptors (Lipinski definition) is 2. The summed E-state index contributed by atoms with van der Waals surface area (Å²) >= 11 is 0. The van der Waals surface area contributed by atoms with E-state index in [0.717, 1.165) is 25.6 Å². The number of rotatable bonds is 2. The average Bonchev–Trinajstić information content (AvgIpc) is 2.41. The predicted molar refractivity (Wildman–Crippen MR) is 58.3 cm³/mol. The highest BCUT2D eigenvalue weighted by atomic mass is 16.3. The molecule has 1 saturated heterocycles. The maximum absolute atomic E-state index is 9.95. The molecule has 14 heavy (non-hydrogen) atoms. The monoisotopic (exact) mass is 197 g/mol. The predicted octanol–water partition coefficient (Wildman–Crippen LogP) is 2.17. The number of aliphatic hydroxyl groups is 1. The largest absolute Gasteiger partial charge is 0.387 e. The third-order valence-corrected chi connectivity index (χ3v) is 3.99. The molecule has 2 heteroatoms. The fourth-order valence-electron chi connectivity index (χ4n) is 2.81. The van der Waals surface area contributed by atoms with E-state index in [2.05, 4.69) is 11.8 Å². The van der Waals surface area contributed by atoms with Crippen molar-refractivity contribution >= 4 is 0 Å². The second-order valence-electron chi connectivity index (χ2n) is 5.13. The van der Waals surface area contributed by atoms with Crippen molar-refractivity contribution in [3.63, 3.8) is 0 Å². The zero-order valence-electron chi connectivity index (χ0n) is 9.34. The van der Waals surface area contributed by atoms with Crippen LogP contribution in [-0.4, -0.2) is 34.7 Å². The van der Waals surface area contributed by atoms with Crippen LogP contribution < -0.4 is 0 Å². The summed E-state index contributed by atoms with van der Waals surface area (Å²) in [6.07, 6.45) is 9.26. The molecule has 2 fully saturated rings. The molecule has 2 aliphatic rings. The van der Waals surface area contributed by atoms with Gasteiger partial charge in [0.25, 0.3) is 0 Å². The molecule has 0 aromatic heterocycles. The third-order valence-electron chi connectivity index (χ3n) is 3.99. The SMILES string of the molecule is CCC1(O)CN(C2CCCCCC2)C1. The van der Waals surface area contributed by atoms with Gasteiger partial charge in [-0.3, -0.25) is 4.90 Å². The van der Waals surface area contributed by atoms with Crippen molar-refractivity contribution in [1.29, 1.82) is 0 Å². The summed E-state index contributed by atoms with van der Waals surface area (Å²) in [4.78, 5) is 2.49. The molecule has 1 aliphatic heterocycles. The van der Waals surface area contributed by atoms with Gasteiger partial charge in [-0.1, -0.05) is 32.6 Å². The first-order valence-corrected chi connectivity index (χ1v) is 6.20. The summed E-state index contributed by atoms with van der Waals surface area (Å²) in [7, 11) is 0. The molecular formula is C12H23NO. The zero-order chi connectivity index (χ0) is 10.0. The van der Waals surface area contributed by atoms with E-state index in [1.807, 2.05) is 0 Å². The number of nitrogens with zero attached hydrogens (tertiary/aromatic N) is 1. The lowest BCUT2D eigenvalue weighted by Crippen LogP contribution is -2.64. The Morgan fingerprint density at radius 1 is 1.14 bits per heavy atom. The van der Waals surface area contributed by atoms with Crippen LogP contribution in [0.25, 0.3) is 0 Å². The Morgan fingerprint density at radius 2 is 1.71 bits per heavy atom. The molecule has 82 valence electrons. The summed E-state index contributed by atoms with van der Waals surface area (Å²) in [5.74, 6) is 0. The van der Waals surface area contributed by atoms with Crippen molar-refractivity contribution in [3.05, 3.63) is 0 Å². The minimum Gasteiger partial charge on any atom is -0.387 e. The topological polar surface area (TPSA) is 23.5 Å². The quantitative estimate of drug-likeness (QED) is 0.686. The van der Waals surface area contributed by atoms with Gasteiger partial charge in [-0.05, 0) is 19.3 Å². The molecule has 1 heterocycles. The average molecular weight is 197 g/mol. The van der Waals surface area contributed by atoms with Gasteiger partial charge in [-0.25, -0.2) is 0 Å². The zero-order valence-corrected chi connectivity index (χ0v) is 9.34. The maximum Gasteiger partial charge on any atom is 0.0897 e. The van der Waals surface area contributed by atoms with E-state index in [1.54, 1.807) is 0 Å². The van der Waals surface area contributed by atoms with Crippen molar-refractivity contribution in [1.82, 2.24) is 4.90 Å². The van der Waals surface area contributed by atoms with Crippen LogP contribution in [0.3, 0.4) is 0 Å². The molecule has 1 saturated carbocycles. The van der Waals surface area contributed by atoms with E-state index in [1.165, 1.54) is 38.5 Å². The minimum atomic E-state index is -0.341. The van der Waals surface area contributed by atoms with Crippen molar-refractivity contribution < 1.29 is 5.11 Å². The van der Waals surface area contributed by atoms with Crippen molar-refractivity contribution in [2.75, 3.05) is 13.1 Å². The lowest BCUT2D eigenvalue weighted by atomic mass is 9.88. The molecule has 1 aliphatic carbocycles. The van der Waals surface area contributed by atoms with Crippen LogP contribution in [0.2, 0.25) is 0 Å². The van der Waals surface area contributed by atoms with Gasteiger partial charge >= 0.3 is 0 Å². The van der Waals surface area contributed by atoms with Gasteiger partial charge in [0.1, 0.15) is 0 Å². The molecule has 0 amide bonds. The number of hydrogen-bond donors (Lipinski definition) is 1. The standard InChI is InChI=1S/C12H23NO/c1-2-12(14)9-13(10-12)11-7-5-3-4-6-8-11/h11,14H,2-10H2,1H3. The van der Waals surface area contributed by atoms with Gasteiger partial charge in [0.05, 0.1) is 5.60 Å². The summed E-state index contributed by atoms with van der Waals surface area (Å²) in [5, 5.41) is 9.95. The van der Waals surface area contributed by atoms with Crippen LogP contribution in [0.5, 0.6) is 0 Å². The van der Waals surface area contributed by atoms with Crippen molar-refractivity contribution in [2.45, 2.75) is 63.5 Å². The molecule has 2 nitrogen and oxygen atoms in total. The molecule has 0 bridgehead atoms. The highest BCUT2D eigenvalue weighted by Crippen LogP contribution is 2.31. The van der Waals surface area contributed by atoms with Gasteiger partial charge in [0.2, 0.25) is 0 Å². The Morgan fingerprint density at radius 3 is 2.21 bits per heavy atom. The Hall–Kier alpha value is -0.0800. The first kappa shape index (κ1) is 10.4. The summed E-state index contributed by atoms with van der Waals surface area (Å²) in [6, 6.07) is 0.782. The van der Waals surface area contributed by atoms with Crippen LogP contribution in [0.1, 0.15) is 51.9 Å². The molecule has 1 N–H and O–H groups in total. The molecule has 0 aromatic carbocycles. The Balaban J connectivity index is 1.80. The Labute approximate surface area is 87.3 Å². The van der Waals surface area contributed by atoms with E-state index >= 15 is 0 Å².